The molecule has 2 nitrogen and oxygen atoms in total. The number of rotatable bonds is 1. The van der Waals surface area contributed by atoms with Crippen molar-refractivity contribution in [1.29, 1.82) is 0 Å². The summed E-state index contributed by atoms with van der Waals surface area (Å²) in [6.07, 6.45) is 2.05. The summed E-state index contributed by atoms with van der Waals surface area (Å²) in [4.78, 5) is 11.0. The molecular formula is C10H18O2. The lowest BCUT2D eigenvalue weighted by atomic mass is 9.72. The first-order valence-electron chi connectivity index (χ1n) is 4.50. The van der Waals surface area contributed by atoms with Crippen LogP contribution in [0.5, 0.6) is 0 Å². The quantitative estimate of drug-likeness (QED) is 0.656. The van der Waals surface area contributed by atoms with Gasteiger partial charge < -0.3 is 5.11 Å². The van der Waals surface area contributed by atoms with Crippen LogP contribution in [0.2, 0.25) is 0 Å². The van der Waals surface area contributed by atoms with E-state index in [0.717, 1.165) is 12.8 Å². The molecule has 1 rings (SSSR count). The fraction of sp³-hybridized carbons (Fsp3) is 0.900. The summed E-state index contributed by atoms with van der Waals surface area (Å²) in [6.45, 7) is 8.22. The van der Waals surface area contributed by atoms with Gasteiger partial charge in [0.2, 0.25) is 0 Å². The zero-order valence-electron chi connectivity index (χ0n) is 8.35. The van der Waals surface area contributed by atoms with Crippen molar-refractivity contribution in [2.45, 2.75) is 40.5 Å². The second-order valence-corrected chi connectivity index (χ2v) is 5.25. The summed E-state index contributed by atoms with van der Waals surface area (Å²) in [5.41, 5.74) is -0.0648. The molecule has 1 saturated carbocycles. The van der Waals surface area contributed by atoms with E-state index in [1.165, 1.54) is 0 Å². The molecule has 0 bridgehead atoms. The average molecular weight is 170 g/mol. The molecule has 1 aliphatic rings. The van der Waals surface area contributed by atoms with Crippen molar-refractivity contribution < 1.29 is 9.90 Å². The van der Waals surface area contributed by atoms with Crippen LogP contribution in [0.3, 0.4) is 0 Å². The van der Waals surface area contributed by atoms with E-state index in [1.54, 1.807) is 0 Å². The van der Waals surface area contributed by atoms with Crippen LogP contribution in [-0.4, -0.2) is 11.1 Å². The van der Waals surface area contributed by atoms with E-state index in [9.17, 15) is 4.79 Å². The van der Waals surface area contributed by atoms with Gasteiger partial charge in [-0.3, -0.25) is 4.79 Å². The number of carboxylic acids is 1. The van der Waals surface area contributed by atoms with E-state index in [-0.39, 0.29) is 16.7 Å². The van der Waals surface area contributed by atoms with Gasteiger partial charge in [-0.05, 0) is 23.7 Å². The van der Waals surface area contributed by atoms with Gasteiger partial charge in [-0.25, -0.2) is 0 Å². The molecule has 0 radical (unpaired) electrons. The highest BCUT2D eigenvalue weighted by molar-refractivity contribution is 5.72. The average Bonchev–Trinajstić information content (AvgIpc) is 2.01. The van der Waals surface area contributed by atoms with Gasteiger partial charge in [0.25, 0.3) is 0 Å². The Bertz CT molecular complexity index is 188. The van der Waals surface area contributed by atoms with Crippen molar-refractivity contribution in [2.24, 2.45) is 16.7 Å². The Hall–Kier alpha value is -0.530. The molecular weight excluding hydrogens is 152 g/mol. The Labute approximate surface area is 74.0 Å². The highest BCUT2D eigenvalue weighted by Gasteiger charge is 2.50. The van der Waals surface area contributed by atoms with Crippen LogP contribution in [0.25, 0.3) is 0 Å². The molecule has 0 aromatic heterocycles. The molecule has 1 aliphatic carbocycles. The SMILES string of the molecule is CC1(C)CCC(C)(C)C1C(=O)O. The number of carboxylic acid groups (broad SMARTS) is 1. The van der Waals surface area contributed by atoms with Gasteiger partial charge in [-0.1, -0.05) is 27.7 Å². The van der Waals surface area contributed by atoms with Crippen molar-refractivity contribution in [3.8, 4) is 0 Å². The van der Waals surface area contributed by atoms with E-state index < -0.39 is 5.97 Å². The third-order valence-electron chi connectivity index (χ3n) is 3.22. The fourth-order valence-electron chi connectivity index (χ4n) is 2.66. The first-order chi connectivity index (χ1) is 5.27. The molecule has 0 aromatic carbocycles. The number of hydrogen-bond acceptors (Lipinski definition) is 1. The van der Waals surface area contributed by atoms with Gasteiger partial charge in [0, 0.05) is 0 Å². The van der Waals surface area contributed by atoms with Crippen LogP contribution in [0.15, 0.2) is 0 Å². The molecule has 0 amide bonds. The summed E-state index contributed by atoms with van der Waals surface area (Å²) < 4.78 is 0. The van der Waals surface area contributed by atoms with Crippen molar-refractivity contribution in [3.05, 3.63) is 0 Å². The molecule has 12 heavy (non-hydrogen) atoms. The number of carbonyl (C=O) groups is 1. The Morgan fingerprint density at radius 3 is 1.67 bits per heavy atom. The molecule has 0 aromatic rings. The fourth-order valence-corrected chi connectivity index (χ4v) is 2.66. The molecule has 0 aliphatic heterocycles. The first kappa shape index (κ1) is 9.56. The van der Waals surface area contributed by atoms with E-state index in [0.29, 0.717) is 0 Å². The summed E-state index contributed by atoms with van der Waals surface area (Å²) in [5, 5.41) is 9.08. The topological polar surface area (TPSA) is 37.3 Å². The Morgan fingerprint density at radius 1 is 1.17 bits per heavy atom. The summed E-state index contributed by atoms with van der Waals surface area (Å²) in [5.74, 6) is -0.826. The van der Waals surface area contributed by atoms with Gasteiger partial charge >= 0.3 is 5.97 Å². The second-order valence-electron chi connectivity index (χ2n) is 5.25. The molecule has 1 N–H and O–H groups in total. The summed E-state index contributed by atoms with van der Waals surface area (Å²) in [7, 11) is 0. The lowest BCUT2D eigenvalue weighted by Crippen LogP contribution is -2.34. The standard InChI is InChI=1S/C10H18O2/c1-9(2)5-6-10(3,4)7(9)8(11)12/h7H,5-6H2,1-4H3,(H,11,12). The van der Waals surface area contributed by atoms with Crippen LogP contribution in [0.4, 0.5) is 0 Å². The highest BCUT2D eigenvalue weighted by Crippen LogP contribution is 2.53. The van der Waals surface area contributed by atoms with Crippen molar-refractivity contribution in [1.82, 2.24) is 0 Å². The Morgan fingerprint density at radius 2 is 1.50 bits per heavy atom. The van der Waals surface area contributed by atoms with Crippen molar-refractivity contribution >= 4 is 5.97 Å². The monoisotopic (exact) mass is 170 g/mol. The molecule has 2 heteroatoms. The maximum Gasteiger partial charge on any atom is 0.307 e. The predicted octanol–water partition coefficient (Wildman–Crippen LogP) is 2.53. The minimum atomic E-state index is -0.637. The third kappa shape index (κ3) is 1.35. The van der Waals surface area contributed by atoms with Crippen molar-refractivity contribution in [3.63, 3.8) is 0 Å². The Balaban J connectivity index is 2.96. The third-order valence-corrected chi connectivity index (χ3v) is 3.22. The molecule has 0 spiro atoms. The van der Waals surface area contributed by atoms with E-state index in [2.05, 4.69) is 27.7 Å². The molecule has 0 unspecified atom stereocenters. The highest BCUT2D eigenvalue weighted by atomic mass is 16.4. The molecule has 70 valence electrons. The van der Waals surface area contributed by atoms with Crippen LogP contribution in [-0.2, 0) is 4.79 Å². The van der Waals surface area contributed by atoms with Gasteiger partial charge in [-0.2, -0.15) is 0 Å². The van der Waals surface area contributed by atoms with Gasteiger partial charge in [0.15, 0.2) is 0 Å². The smallest absolute Gasteiger partial charge is 0.307 e. The molecule has 0 heterocycles. The minimum Gasteiger partial charge on any atom is -0.481 e. The van der Waals surface area contributed by atoms with E-state index in [1.807, 2.05) is 0 Å². The maximum atomic E-state index is 11.0. The van der Waals surface area contributed by atoms with Crippen LogP contribution < -0.4 is 0 Å². The molecule has 1 fully saturated rings. The van der Waals surface area contributed by atoms with Crippen molar-refractivity contribution in [2.75, 3.05) is 0 Å². The molecule has 0 saturated heterocycles. The van der Waals surface area contributed by atoms with Gasteiger partial charge in [-0.15, -0.1) is 0 Å². The largest absolute Gasteiger partial charge is 0.481 e. The predicted molar refractivity (Wildman–Crippen MR) is 47.9 cm³/mol. The minimum absolute atomic E-state index is 0.0324. The molecule has 0 atom stereocenters. The Kier molecular flexibility index (Phi) is 1.97. The summed E-state index contributed by atoms with van der Waals surface area (Å²) in [6, 6.07) is 0. The maximum absolute atomic E-state index is 11.0. The van der Waals surface area contributed by atoms with Crippen LogP contribution >= 0.6 is 0 Å². The van der Waals surface area contributed by atoms with Gasteiger partial charge in [0.1, 0.15) is 0 Å². The normalized spacial score (nSPS) is 27.3. The van der Waals surface area contributed by atoms with Crippen LogP contribution in [0.1, 0.15) is 40.5 Å². The first-order valence-corrected chi connectivity index (χ1v) is 4.50. The van der Waals surface area contributed by atoms with E-state index >= 15 is 0 Å². The zero-order valence-corrected chi connectivity index (χ0v) is 8.35. The lowest BCUT2D eigenvalue weighted by molar-refractivity contribution is -0.148. The van der Waals surface area contributed by atoms with E-state index in [4.69, 9.17) is 5.11 Å². The second kappa shape index (κ2) is 2.48. The van der Waals surface area contributed by atoms with Crippen LogP contribution in [0, 0.1) is 16.7 Å². The van der Waals surface area contributed by atoms with Gasteiger partial charge in [0.05, 0.1) is 5.92 Å². The lowest BCUT2D eigenvalue weighted by Gasteiger charge is -2.31. The zero-order chi connectivity index (χ0) is 9.57. The number of hydrogen-bond donors (Lipinski definition) is 1. The summed E-state index contributed by atoms with van der Waals surface area (Å²) >= 11 is 0. The number of aliphatic carboxylic acids is 1.